The van der Waals surface area contributed by atoms with Gasteiger partial charge in [-0.3, -0.25) is 23.7 Å². The number of imidazole rings is 2. The van der Waals surface area contributed by atoms with Crippen LogP contribution in [0.15, 0.2) is 76.7 Å². The molecule has 0 aliphatic rings. The zero-order valence-electron chi connectivity index (χ0n) is 28.0. The van der Waals surface area contributed by atoms with Crippen molar-refractivity contribution in [3.05, 3.63) is 106 Å². The van der Waals surface area contributed by atoms with Crippen LogP contribution in [0.2, 0.25) is 0 Å². The molecule has 0 unspecified atom stereocenters. The van der Waals surface area contributed by atoms with Gasteiger partial charge in [-0.05, 0) is 64.1 Å². The lowest BCUT2D eigenvalue weighted by Gasteiger charge is -2.05. The van der Waals surface area contributed by atoms with E-state index < -0.39 is 5.91 Å². The maximum atomic E-state index is 13.5. The number of aromatic nitrogens is 8. The van der Waals surface area contributed by atoms with Gasteiger partial charge in [-0.1, -0.05) is 30.4 Å². The Morgan fingerprint density at radius 3 is 1.77 bits per heavy atom. The van der Waals surface area contributed by atoms with Crippen molar-refractivity contribution in [2.75, 3.05) is 0 Å². The van der Waals surface area contributed by atoms with Gasteiger partial charge < -0.3 is 18.3 Å². The van der Waals surface area contributed by atoms with Crippen LogP contribution in [-0.2, 0) is 40.3 Å². The Morgan fingerprint density at radius 2 is 1.21 bits per heavy atom. The molecule has 0 atom stereocenters. The van der Waals surface area contributed by atoms with E-state index in [-0.39, 0.29) is 5.91 Å². The highest BCUT2D eigenvalue weighted by Gasteiger charge is 2.18. The Labute approximate surface area is 276 Å². The van der Waals surface area contributed by atoms with Crippen LogP contribution in [0.5, 0.6) is 0 Å². The summed E-state index contributed by atoms with van der Waals surface area (Å²) in [6.45, 7) is 9.38. The number of aldehydes is 1. The van der Waals surface area contributed by atoms with Crippen LogP contribution < -0.4 is 11.2 Å². The van der Waals surface area contributed by atoms with E-state index in [9.17, 15) is 14.4 Å². The van der Waals surface area contributed by atoms with E-state index in [0.29, 0.717) is 59.9 Å². The molecule has 0 aliphatic heterocycles. The normalized spacial score (nSPS) is 12.7. The van der Waals surface area contributed by atoms with Gasteiger partial charge in [-0.15, -0.1) is 0 Å². The van der Waals surface area contributed by atoms with Crippen LogP contribution in [0.25, 0.3) is 22.1 Å². The molecule has 0 fully saturated rings. The van der Waals surface area contributed by atoms with E-state index in [1.54, 1.807) is 27.6 Å². The van der Waals surface area contributed by atoms with Crippen molar-refractivity contribution in [1.29, 1.82) is 0 Å². The van der Waals surface area contributed by atoms with E-state index in [1.807, 2.05) is 109 Å². The molecule has 4 heterocycles. The summed E-state index contributed by atoms with van der Waals surface area (Å²) in [4.78, 5) is 48.1. The topological polar surface area (TPSA) is 131 Å². The monoisotopic (exact) mass is 646 g/mol. The minimum absolute atomic E-state index is 0.325. The first-order valence-corrected chi connectivity index (χ1v) is 15.9. The summed E-state index contributed by atoms with van der Waals surface area (Å²) >= 11 is 0. The molecular weight excluding hydrogens is 608 g/mol. The molecule has 6 aromatic rings. The molecule has 2 aromatic carbocycles. The Morgan fingerprint density at radius 1 is 0.708 bits per heavy atom. The summed E-state index contributed by atoms with van der Waals surface area (Å²) in [6, 6.07) is 16.8. The Hall–Kier alpha value is -5.85. The van der Waals surface area contributed by atoms with Gasteiger partial charge in [0, 0.05) is 45.8 Å². The number of benzene rings is 2. The van der Waals surface area contributed by atoms with E-state index in [2.05, 4.69) is 20.2 Å². The maximum Gasteiger partial charge on any atom is 0.298 e. The van der Waals surface area contributed by atoms with Gasteiger partial charge in [0.05, 0.1) is 33.5 Å². The summed E-state index contributed by atoms with van der Waals surface area (Å²) in [7, 11) is 3.72. The second-order valence-corrected chi connectivity index (χ2v) is 11.5. The first-order valence-electron chi connectivity index (χ1n) is 15.9. The highest BCUT2D eigenvalue weighted by atomic mass is 16.2. The van der Waals surface area contributed by atoms with Gasteiger partial charge in [0.15, 0.2) is 6.29 Å². The third-order valence-electron chi connectivity index (χ3n) is 8.41. The number of para-hydroxylation sites is 3. The Bertz CT molecular complexity index is 2390. The molecule has 6 rings (SSSR count). The predicted octanol–water partition coefficient (Wildman–Crippen LogP) is 3.87. The molecule has 48 heavy (non-hydrogen) atoms. The molecule has 13 nitrogen and oxygen atoms in total. The summed E-state index contributed by atoms with van der Waals surface area (Å²) in [5.41, 5.74) is 7.00. The number of nitrogens with zero attached hydrogens (tertiary/aromatic N) is 10. The SMILES string of the molecule is CCn1nc(C)cc1C(=O)/N=c1\n(C)c2ccccc2n1C/C=C/Cn1/c(=N/C(=O)c2cc(C)nn2CC)n(C)c2cccc(C=O)c21. The predicted molar refractivity (Wildman–Crippen MR) is 181 cm³/mol. The van der Waals surface area contributed by atoms with Gasteiger partial charge in [0.1, 0.15) is 11.4 Å². The van der Waals surface area contributed by atoms with Gasteiger partial charge >= 0.3 is 0 Å². The van der Waals surface area contributed by atoms with Crippen LogP contribution in [0.1, 0.15) is 56.6 Å². The first-order chi connectivity index (χ1) is 23.2. The van der Waals surface area contributed by atoms with Crippen molar-refractivity contribution in [3.63, 3.8) is 0 Å². The third kappa shape index (κ3) is 5.67. The lowest BCUT2D eigenvalue weighted by Crippen LogP contribution is -2.27. The van der Waals surface area contributed by atoms with Gasteiger partial charge in [0.25, 0.3) is 11.8 Å². The maximum absolute atomic E-state index is 13.5. The average Bonchev–Trinajstić information content (AvgIpc) is 3.81. The molecule has 4 aromatic heterocycles. The van der Waals surface area contributed by atoms with Crippen molar-refractivity contribution in [2.24, 2.45) is 24.1 Å². The Kier molecular flexibility index (Phi) is 8.76. The Balaban J connectivity index is 1.41. The lowest BCUT2D eigenvalue weighted by atomic mass is 10.2. The number of rotatable bonds is 9. The molecule has 0 saturated carbocycles. The standard InChI is InChI=1S/C35H38N10O3/c1-7-44-29(20-23(3)38-44)32(47)36-34-40(5)26-15-9-10-16-27(26)42(34)18-11-12-19-43-31-25(22-46)14-13-17-28(31)41(6)35(43)37-33(48)30-21-24(4)39-45(30)8-2/h9-17,20-22H,7-8,18-19H2,1-6H3/b12-11+,36-34+,37-35+. The molecule has 0 spiro atoms. The number of hydrogen-bond acceptors (Lipinski definition) is 5. The molecular formula is C35H38N10O3. The minimum Gasteiger partial charge on any atom is -0.313 e. The van der Waals surface area contributed by atoms with E-state index in [1.165, 1.54) is 0 Å². The molecule has 246 valence electrons. The third-order valence-corrected chi connectivity index (χ3v) is 8.41. The number of amides is 2. The van der Waals surface area contributed by atoms with E-state index >= 15 is 0 Å². The fourth-order valence-corrected chi connectivity index (χ4v) is 6.17. The molecule has 0 radical (unpaired) electrons. The summed E-state index contributed by atoms with van der Waals surface area (Å²) in [5, 5.41) is 8.81. The fraction of sp³-hybridized carbons (Fsp3) is 0.286. The van der Waals surface area contributed by atoms with Crippen molar-refractivity contribution in [2.45, 2.75) is 53.9 Å². The van der Waals surface area contributed by atoms with Crippen molar-refractivity contribution >= 4 is 40.2 Å². The molecule has 0 aliphatic carbocycles. The van der Waals surface area contributed by atoms with Crippen LogP contribution in [0.4, 0.5) is 0 Å². The molecule has 0 N–H and O–H groups in total. The quantitative estimate of drug-likeness (QED) is 0.174. The smallest absolute Gasteiger partial charge is 0.298 e. The number of aryl methyl sites for hydroxylation is 6. The van der Waals surface area contributed by atoms with Crippen LogP contribution >= 0.6 is 0 Å². The van der Waals surface area contributed by atoms with Crippen LogP contribution in [-0.4, -0.2) is 55.9 Å². The minimum atomic E-state index is -0.421. The highest BCUT2D eigenvalue weighted by molar-refractivity contribution is 5.96. The summed E-state index contributed by atoms with van der Waals surface area (Å²) < 4.78 is 10.9. The van der Waals surface area contributed by atoms with Gasteiger partial charge in [-0.2, -0.15) is 20.2 Å². The largest absolute Gasteiger partial charge is 0.313 e. The summed E-state index contributed by atoms with van der Waals surface area (Å²) in [6.07, 6.45) is 4.75. The molecule has 13 heteroatoms. The van der Waals surface area contributed by atoms with Crippen molar-refractivity contribution in [3.8, 4) is 0 Å². The van der Waals surface area contributed by atoms with Gasteiger partial charge in [-0.25, -0.2) is 0 Å². The van der Waals surface area contributed by atoms with E-state index in [0.717, 1.165) is 34.2 Å². The average molecular weight is 647 g/mol. The lowest BCUT2D eigenvalue weighted by molar-refractivity contribution is 0.0977. The fourth-order valence-electron chi connectivity index (χ4n) is 6.17. The number of allylic oxidation sites excluding steroid dienone is 2. The number of carbonyl (C=O) groups is 3. The summed E-state index contributed by atoms with van der Waals surface area (Å²) in [5.74, 6) is -0.792. The zero-order chi connectivity index (χ0) is 34.1. The molecule has 0 bridgehead atoms. The number of carbonyl (C=O) groups excluding carboxylic acids is 3. The molecule has 2 amide bonds. The van der Waals surface area contributed by atoms with Crippen LogP contribution in [0, 0.1) is 13.8 Å². The van der Waals surface area contributed by atoms with E-state index in [4.69, 9.17) is 0 Å². The second kappa shape index (κ2) is 13.1. The number of fused-ring (bicyclic) bond motifs is 2. The first kappa shape index (κ1) is 32.1. The van der Waals surface area contributed by atoms with Crippen LogP contribution in [0.3, 0.4) is 0 Å². The zero-order valence-corrected chi connectivity index (χ0v) is 28.0. The second-order valence-electron chi connectivity index (χ2n) is 11.5. The highest BCUT2D eigenvalue weighted by Crippen LogP contribution is 2.18. The number of hydrogen-bond donors (Lipinski definition) is 0. The van der Waals surface area contributed by atoms with Crippen molar-refractivity contribution < 1.29 is 14.4 Å². The van der Waals surface area contributed by atoms with Crippen molar-refractivity contribution in [1.82, 2.24) is 37.8 Å². The molecule has 0 saturated heterocycles. The van der Waals surface area contributed by atoms with Gasteiger partial charge in [0.2, 0.25) is 11.2 Å².